The Morgan fingerprint density at radius 1 is 0.0286 bits per heavy atom. The monoisotopic (exact) mass is 3160 g/mol. The zero-order valence-electron chi connectivity index (χ0n) is 25.8. The van der Waals surface area contributed by atoms with E-state index in [0.717, 1.165) is 0 Å². The van der Waals surface area contributed by atoms with E-state index >= 15 is 0 Å². The summed E-state index contributed by atoms with van der Waals surface area (Å²) in [6.07, 6.45) is 0. The maximum atomic E-state index is 0. The summed E-state index contributed by atoms with van der Waals surface area (Å²) >= 11 is 0. The summed E-state index contributed by atoms with van der Waals surface area (Å²) in [5.74, 6) is 0. The minimum Gasteiger partial charge on any atom is -1.00 e. The Morgan fingerprint density at radius 2 is 0.0286 bits per heavy atom. The minimum absolute atomic E-state index is 0. The zero-order valence-corrected chi connectivity index (χ0v) is 86.7. The molecule has 0 radical (unpaired) electrons. The van der Waals surface area contributed by atoms with Gasteiger partial charge in [-0.05, 0) is 0 Å². The second kappa shape index (κ2) is 1360. The first kappa shape index (κ1) is 1410. The van der Waals surface area contributed by atoms with E-state index in [1.54, 1.807) is 0 Å². The van der Waals surface area contributed by atoms with E-state index in [2.05, 4.69) is 0 Å². The van der Waals surface area contributed by atoms with Gasteiger partial charge in [0, 0.05) is 0 Å². The van der Waals surface area contributed by atoms with E-state index in [-0.39, 0.29) is 949 Å². The predicted octanol–water partition coefficient (Wildman–Crippen LogP) is -180. The van der Waals surface area contributed by atoms with Crippen molar-refractivity contribution in [3.63, 3.8) is 0 Å². The van der Waals surface area contributed by atoms with Crippen molar-refractivity contribution in [3.8, 4) is 0 Å². The van der Waals surface area contributed by atoms with E-state index < -0.39 is 0 Å². The summed E-state index contributed by atoms with van der Waals surface area (Å²) in [5.41, 5.74) is 0. The molecule has 0 amide bonds. The van der Waals surface area contributed by atoms with Gasteiger partial charge in [-0.1, -0.05) is 0 Å². The molecule has 0 unspecified atom stereocenters. The first-order valence-electron chi connectivity index (χ1n) is 0. The molecule has 0 bridgehead atoms. The fourth-order valence-corrected chi connectivity index (χ4v) is 0. The minimum atomic E-state index is 0. The third-order valence-electron chi connectivity index (χ3n) is 0. The van der Waals surface area contributed by atoms with Crippen LogP contribution >= 0.6 is 0 Å². The first-order valence-corrected chi connectivity index (χ1v) is 0. The van der Waals surface area contributed by atoms with Gasteiger partial charge in [0.05, 0.1) is 0 Å². The number of halogens is 60. The molecule has 0 saturated heterocycles. The Hall–Kier alpha value is 24.0. The molecular weight excluding hydrogens is 3190 g/mol. The summed E-state index contributed by atoms with van der Waals surface area (Å²) in [6, 6.07) is 0. The molecule has 0 aromatic rings. The second-order valence-electron chi connectivity index (χ2n) is 0. The number of hydrogen-bond donors (Lipinski definition) is 0. The molecule has 0 aliphatic heterocycles. The van der Waals surface area contributed by atoms with Crippen LogP contribution in [0.15, 0.2) is 0 Å². The van der Waals surface area contributed by atoms with E-state index in [1.807, 2.05) is 0 Å². The van der Waals surface area contributed by atoms with Crippen LogP contribution in [0.4, 0.5) is 0 Å². The van der Waals surface area contributed by atoms with E-state index in [1.165, 1.54) is 0 Å². The van der Waals surface area contributed by atoms with Gasteiger partial charge in [-0.2, -0.15) is 0 Å². The van der Waals surface area contributed by atoms with Crippen LogP contribution in [0.2, 0.25) is 0 Å². The Balaban J connectivity index is 0. The number of rotatable bonds is 0. The normalized spacial score (nSPS) is 0. The molecule has 0 aromatic heterocycles. The molecule has 0 fully saturated rings. The molecule has 0 aliphatic carbocycles. The van der Waals surface area contributed by atoms with Crippen molar-refractivity contribution >= 4 is 0 Å². The second-order valence-corrected chi connectivity index (χ2v) is 0. The summed E-state index contributed by atoms with van der Waals surface area (Å²) < 4.78 is 0. The predicted molar refractivity (Wildman–Crippen MR) is 0 cm³/mol. The van der Waals surface area contributed by atoms with Crippen LogP contribution in [0.25, 0.3) is 0 Å². The van der Waals surface area contributed by atoms with E-state index in [9.17, 15) is 0 Å². The average molecular weight is 3190 g/mol. The molecule has 0 saturated carbocycles. The van der Waals surface area contributed by atoms with E-state index in [0.29, 0.717) is 0 Å². The SMILES string of the molecule is [Cl-].[Cl-].[Cl-].[Cl-].[Cl-].[Cl-].[Cl-].[Cl-].[Cl-].[Cl-].[Cl-].[Cl-].[Cl-].[Cl-].[Cl-].[Cl-].[Cl-].[Cl-].[Cl-].[Cl-].[Cl-].[Cl-].[Cl-].[Cl-].[Cl-].[Cl-].[Cl-].[Cl-].[Cl-].[Cl-].[Cl-].[Cl-].[Cl-].[Cl-].[Cl-].[Cl-].[Cl-].[Cl-].[Cl-].[Cl-].[Cl-].[Cl-].[Cl-].[Cl-].[Cl-].[Cl-].[Cl-].[Cl-].[Cl-].[Cl-].[Cl-].[Cl-].[Cl-].[Cl-].[Cl-].[Cl-].[Cl-].[Cl-].[Cl-].[Cl-].[Pd+2].[Pd+2].[Pd+2].[Pd+2].[Pd+2].[Pd+2].[Pd+2].[Pd+2].[Pd+2].[Pd+2]. The van der Waals surface area contributed by atoms with Crippen molar-refractivity contribution in [2.45, 2.75) is 0 Å². The van der Waals surface area contributed by atoms with Gasteiger partial charge in [-0.25, -0.2) is 0 Å². The van der Waals surface area contributed by atoms with Crippen LogP contribution in [0.3, 0.4) is 0 Å². The van der Waals surface area contributed by atoms with Gasteiger partial charge in [0.2, 0.25) is 0 Å². The van der Waals surface area contributed by atoms with Gasteiger partial charge < -0.3 is 744 Å². The summed E-state index contributed by atoms with van der Waals surface area (Å²) in [6.45, 7) is 0. The van der Waals surface area contributed by atoms with Crippen molar-refractivity contribution in [2.24, 2.45) is 0 Å². The molecule has 70 heteroatoms. The molecule has 560 valence electrons. The zero-order chi connectivity index (χ0) is 0. The van der Waals surface area contributed by atoms with Gasteiger partial charge >= 0.3 is 204 Å². The number of hydrogen-bond acceptors (Lipinski definition) is 0. The van der Waals surface area contributed by atoms with Crippen LogP contribution < -0.4 is 744 Å². The molecule has 0 rings (SSSR count). The van der Waals surface area contributed by atoms with Gasteiger partial charge in [-0.3, -0.25) is 0 Å². The van der Waals surface area contributed by atoms with Crippen molar-refractivity contribution in [2.75, 3.05) is 0 Å². The summed E-state index contributed by atoms with van der Waals surface area (Å²) in [5, 5.41) is 0. The largest absolute Gasteiger partial charge is 2.00 e. The van der Waals surface area contributed by atoms with Gasteiger partial charge in [0.1, 0.15) is 0 Å². The Bertz CT molecular complexity index is 41.4. The van der Waals surface area contributed by atoms with Crippen LogP contribution in [-0.2, 0) is 204 Å². The van der Waals surface area contributed by atoms with E-state index in [4.69, 9.17) is 0 Å². The van der Waals surface area contributed by atoms with Crippen LogP contribution in [0, 0.1) is 0 Å². The Labute approximate surface area is 928 Å². The molecule has 0 heterocycles. The molecule has 70 heavy (non-hydrogen) atoms. The first-order chi connectivity index (χ1) is 0. The quantitative estimate of drug-likeness (QED) is 0.212. The molecule has 0 atom stereocenters. The smallest absolute Gasteiger partial charge is 1.00 e. The van der Waals surface area contributed by atoms with Gasteiger partial charge in [-0.15, -0.1) is 0 Å². The Morgan fingerprint density at radius 3 is 0.0286 bits per heavy atom. The van der Waals surface area contributed by atoms with Gasteiger partial charge in [0.15, 0.2) is 0 Å². The maximum Gasteiger partial charge on any atom is 2.00 e. The van der Waals surface area contributed by atoms with Crippen molar-refractivity contribution in [1.29, 1.82) is 0 Å². The standard InChI is InChI=1S/60ClH.10Pd/h60*1H;;;;;;;;;;/q;;;;;;;;;;;;;;;;;;;;;;;;;;;;;;;;;;;;;;;;;;;;;;;;;;;;;;;;;;;;10*+2/p-60. The third-order valence-corrected chi connectivity index (χ3v) is 0. The van der Waals surface area contributed by atoms with Gasteiger partial charge in [0.25, 0.3) is 0 Å². The van der Waals surface area contributed by atoms with Crippen molar-refractivity contribution < 1.29 is 949 Å². The van der Waals surface area contributed by atoms with Crippen molar-refractivity contribution in [1.82, 2.24) is 0 Å². The third kappa shape index (κ3) is 1320. The topological polar surface area (TPSA) is 0 Å². The fraction of sp³-hybridized carbons (Fsp3) is 0. The van der Waals surface area contributed by atoms with Crippen LogP contribution in [0.5, 0.6) is 0 Å². The Kier molecular flexibility index (Phi) is 27500. The summed E-state index contributed by atoms with van der Waals surface area (Å²) in [4.78, 5) is 0. The van der Waals surface area contributed by atoms with Crippen LogP contribution in [0.1, 0.15) is 0 Å². The van der Waals surface area contributed by atoms with Crippen LogP contribution in [-0.4, -0.2) is 0 Å². The molecular formula is Cl60Pd10-40. The molecule has 0 nitrogen and oxygen atoms in total. The molecule has 0 N–H and O–H groups in total. The molecule has 0 spiro atoms. The average Bonchev–Trinajstić information content (AvgIpc) is 0. The molecule has 0 aliphatic rings. The maximum absolute atomic E-state index is 0. The summed E-state index contributed by atoms with van der Waals surface area (Å²) in [7, 11) is 0. The fourth-order valence-electron chi connectivity index (χ4n) is 0. The molecule has 0 aromatic carbocycles. The van der Waals surface area contributed by atoms with Crippen molar-refractivity contribution in [3.05, 3.63) is 0 Å².